The highest BCUT2D eigenvalue weighted by Gasteiger charge is 2.16. The first kappa shape index (κ1) is 16.0. The Morgan fingerprint density at radius 1 is 1.10 bits per heavy atom. The zero-order chi connectivity index (χ0) is 14.4. The van der Waals surface area contributed by atoms with Crippen molar-refractivity contribution in [3.05, 3.63) is 21.9 Å². The van der Waals surface area contributed by atoms with Crippen molar-refractivity contribution in [3.63, 3.8) is 0 Å². The van der Waals surface area contributed by atoms with Gasteiger partial charge in [0, 0.05) is 55.1 Å². The third-order valence-electron chi connectivity index (χ3n) is 3.79. The van der Waals surface area contributed by atoms with Crippen LogP contribution in [0.25, 0.3) is 0 Å². The van der Waals surface area contributed by atoms with Crippen LogP contribution in [0.2, 0.25) is 0 Å². The molecule has 0 amide bonds. The van der Waals surface area contributed by atoms with E-state index < -0.39 is 0 Å². The van der Waals surface area contributed by atoms with Gasteiger partial charge in [0.25, 0.3) is 0 Å². The van der Waals surface area contributed by atoms with Gasteiger partial charge in [-0.1, -0.05) is 20.8 Å². The van der Waals surface area contributed by atoms with Crippen LogP contribution in [0, 0.1) is 0 Å². The van der Waals surface area contributed by atoms with Crippen molar-refractivity contribution < 1.29 is 0 Å². The average molecular weight is 295 g/mol. The van der Waals surface area contributed by atoms with Crippen molar-refractivity contribution in [2.75, 3.05) is 32.7 Å². The van der Waals surface area contributed by atoms with E-state index in [-0.39, 0.29) is 0 Å². The normalized spacial score (nSPS) is 18.0. The Kier molecular flexibility index (Phi) is 6.49. The molecule has 2 heterocycles. The molecule has 114 valence electrons. The van der Waals surface area contributed by atoms with E-state index in [1.807, 2.05) is 11.3 Å². The summed E-state index contributed by atoms with van der Waals surface area (Å²) in [7, 11) is 0. The van der Waals surface area contributed by atoms with Gasteiger partial charge in [0.15, 0.2) is 0 Å². The van der Waals surface area contributed by atoms with Crippen LogP contribution in [0.1, 0.15) is 36.9 Å². The Hall–Kier alpha value is -0.420. The summed E-state index contributed by atoms with van der Waals surface area (Å²) >= 11 is 1.96. The lowest BCUT2D eigenvalue weighted by molar-refractivity contribution is 0.128. The maximum atomic E-state index is 3.49. The van der Waals surface area contributed by atoms with Gasteiger partial charge in [-0.15, -0.1) is 11.3 Å². The zero-order valence-corrected chi connectivity index (χ0v) is 14.0. The van der Waals surface area contributed by atoms with Gasteiger partial charge in [0.1, 0.15) is 0 Å². The van der Waals surface area contributed by atoms with Crippen molar-refractivity contribution in [1.82, 2.24) is 15.1 Å². The summed E-state index contributed by atoms with van der Waals surface area (Å²) in [5.41, 5.74) is 0. The highest BCUT2D eigenvalue weighted by molar-refractivity contribution is 7.11. The van der Waals surface area contributed by atoms with Crippen LogP contribution in [0.3, 0.4) is 0 Å². The lowest BCUT2D eigenvalue weighted by atomic mass is 10.3. The molecule has 1 aliphatic heterocycles. The number of nitrogens with one attached hydrogen (secondary N) is 1. The van der Waals surface area contributed by atoms with Gasteiger partial charge >= 0.3 is 0 Å². The van der Waals surface area contributed by atoms with Crippen LogP contribution in [0.4, 0.5) is 0 Å². The van der Waals surface area contributed by atoms with Crippen molar-refractivity contribution in [1.29, 1.82) is 0 Å². The number of piperazine rings is 1. The molecule has 4 heteroatoms. The predicted octanol–water partition coefficient (Wildman–Crippen LogP) is 2.77. The van der Waals surface area contributed by atoms with E-state index in [1.54, 1.807) is 0 Å². The molecular formula is C16H29N3S. The molecule has 1 aromatic heterocycles. The molecule has 0 aromatic carbocycles. The van der Waals surface area contributed by atoms with Crippen LogP contribution < -0.4 is 5.32 Å². The summed E-state index contributed by atoms with van der Waals surface area (Å²) in [5, 5.41) is 3.49. The molecule has 2 rings (SSSR count). The van der Waals surface area contributed by atoms with E-state index in [0.29, 0.717) is 6.04 Å². The van der Waals surface area contributed by atoms with Gasteiger partial charge in [-0.25, -0.2) is 0 Å². The lowest BCUT2D eigenvalue weighted by Gasteiger charge is -2.34. The second kappa shape index (κ2) is 8.13. The standard InChI is InChI=1S/C16H29N3S/c1-4-7-18-8-10-19(11-9-18)13-16-6-5-15(20-16)12-17-14(2)3/h5-6,14,17H,4,7-13H2,1-3H3. The first-order valence-corrected chi connectivity index (χ1v) is 8.74. The Morgan fingerprint density at radius 2 is 1.75 bits per heavy atom. The minimum absolute atomic E-state index is 0.562. The predicted molar refractivity (Wildman–Crippen MR) is 88.3 cm³/mol. The van der Waals surface area contributed by atoms with Crippen molar-refractivity contribution >= 4 is 11.3 Å². The molecule has 1 aliphatic rings. The molecule has 0 spiro atoms. The lowest BCUT2D eigenvalue weighted by Crippen LogP contribution is -2.45. The monoisotopic (exact) mass is 295 g/mol. The number of rotatable bonds is 7. The number of nitrogens with zero attached hydrogens (tertiary/aromatic N) is 2. The fourth-order valence-corrected chi connectivity index (χ4v) is 3.63. The molecule has 0 aliphatic carbocycles. The van der Waals surface area contributed by atoms with E-state index in [0.717, 1.165) is 13.1 Å². The highest BCUT2D eigenvalue weighted by atomic mass is 32.1. The van der Waals surface area contributed by atoms with E-state index in [4.69, 9.17) is 0 Å². The molecule has 1 N–H and O–H groups in total. The maximum Gasteiger partial charge on any atom is 0.0329 e. The summed E-state index contributed by atoms with van der Waals surface area (Å²) in [6.07, 6.45) is 1.27. The van der Waals surface area contributed by atoms with Crippen LogP contribution in [0.5, 0.6) is 0 Å². The van der Waals surface area contributed by atoms with Crippen molar-refractivity contribution in [2.24, 2.45) is 0 Å². The minimum atomic E-state index is 0.562. The van der Waals surface area contributed by atoms with Crippen molar-refractivity contribution in [2.45, 2.75) is 46.3 Å². The van der Waals surface area contributed by atoms with Crippen LogP contribution in [0.15, 0.2) is 12.1 Å². The molecule has 1 saturated heterocycles. The maximum absolute atomic E-state index is 3.49. The van der Waals surface area contributed by atoms with Gasteiger partial charge in [-0.3, -0.25) is 4.90 Å². The number of hydrogen-bond acceptors (Lipinski definition) is 4. The Labute approximate surface area is 128 Å². The summed E-state index contributed by atoms with van der Waals surface area (Å²) in [4.78, 5) is 8.15. The second-order valence-electron chi connectivity index (χ2n) is 6.02. The molecule has 0 bridgehead atoms. The van der Waals surface area contributed by atoms with Crippen LogP contribution >= 0.6 is 11.3 Å². The van der Waals surface area contributed by atoms with Crippen LogP contribution in [-0.2, 0) is 13.1 Å². The first-order valence-electron chi connectivity index (χ1n) is 7.93. The quantitative estimate of drug-likeness (QED) is 0.834. The second-order valence-corrected chi connectivity index (χ2v) is 7.27. The third kappa shape index (κ3) is 5.17. The molecule has 20 heavy (non-hydrogen) atoms. The molecule has 3 nitrogen and oxygen atoms in total. The van der Waals surface area contributed by atoms with Gasteiger partial charge in [0.05, 0.1) is 0 Å². The average Bonchev–Trinajstić information content (AvgIpc) is 2.87. The van der Waals surface area contributed by atoms with E-state index in [2.05, 4.69) is 48.0 Å². The third-order valence-corrected chi connectivity index (χ3v) is 4.86. The largest absolute Gasteiger partial charge is 0.310 e. The van der Waals surface area contributed by atoms with Crippen LogP contribution in [-0.4, -0.2) is 48.6 Å². The molecule has 0 unspecified atom stereocenters. The molecule has 0 atom stereocenters. The smallest absolute Gasteiger partial charge is 0.0329 e. The van der Waals surface area contributed by atoms with E-state index in [1.165, 1.54) is 48.9 Å². The first-order chi connectivity index (χ1) is 9.67. The van der Waals surface area contributed by atoms with Crippen molar-refractivity contribution in [3.8, 4) is 0 Å². The summed E-state index contributed by atoms with van der Waals surface area (Å²) in [5.74, 6) is 0. The molecule has 1 aromatic rings. The SMILES string of the molecule is CCCN1CCN(Cc2ccc(CNC(C)C)s2)CC1. The van der Waals surface area contributed by atoms with Gasteiger partial charge in [-0.2, -0.15) is 0 Å². The minimum Gasteiger partial charge on any atom is -0.310 e. The zero-order valence-electron chi connectivity index (χ0n) is 13.2. The summed E-state index contributed by atoms with van der Waals surface area (Å²) in [6, 6.07) is 5.15. The fourth-order valence-electron chi connectivity index (χ4n) is 2.61. The Balaban J connectivity index is 1.74. The number of hydrogen-bond donors (Lipinski definition) is 1. The Morgan fingerprint density at radius 3 is 2.40 bits per heavy atom. The van der Waals surface area contributed by atoms with Gasteiger partial charge in [-0.05, 0) is 25.1 Å². The molecule has 0 saturated carbocycles. The van der Waals surface area contributed by atoms with E-state index in [9.17, 15) is 0 Å². The van der Waals surface area contributed by atoms with Gasteiger partial charge < -0.3 is 10.2 Å². The molecule has 1 fully saturated rings. The molecule has 0 radical (unpaired) electrons. The summed E-state index contributed by atoms with van der Waals surface area (Å²) < 4.78 is 0. The number of thiophene rings is 1. The molecular weight excluding hydrogens is 266 g/mol. The summed E-state index contributed by atoms with van der Waals surface area (Å²) in [6.45, 7) is 15.0. The van der Waals surface area contributed by atoms with Gasteiger partial charge in [0.2, 0.25) is 0 Å². The topological polar surface area (TPSA) is 18.5 Å². The Bertz CT molecular complexity index is 381. The highest BCUT2D eigenvalue weighted by Crippen LogP contribution is 2.19. The fraction of sp³-hybridized carbons (Fsp3) is 0.750. The van der Waals surface area contributed by atoms with E-state index >= 15 is 0 Å².